The van der Waals surface area contributed by atoms with Gasteiger partial charge in [-0.05, 0) is 24.6 Å². The normalized spacial score (nSPS) is 20.0. The number of halogens is 3. The third-order valence-corrected chi connectivity index (χ3v) is 3.43. The van der Waals surface area contributed by atoms with Crippen LogP contribution < -0.4 is 20.7 Å². The van der Waals surface area contributed by atoms with Crippen molar-refractivity contribution in [2.75, 3.05) is 0 Å². The first kappa shape index (κ1) is 19.3. The zero-order valence-corrected chi connectivity index (χ0v) is 13.9. The van der Waals surface area contributed by atoms with Crippen molar-refractivity contribution in [3.8, 4) is 5.75 Å². The molecule has 10 heteroatoms. The summed E-state index contributed by atoms with van der Waals surface area (Å²) in [6.45, 7) is 2.90. The number of aliphatic imine (C=N–C) groups is 1. The Balaban J connectivity index is 2.09. The number of benzene rings is 1. The van der Waals surface area contributed by atoms with Gasteiger partial charge in [-0.2, -0.15) is 0 Å². The van der Waals surface area contributed by atoms with Crippen LogP contribution in [0.15, 0.2) is 41.7 Å². The van der Waals surface area contributed by atoms with Crippen molar-refractivity contribution in [3.63, 3.8) is 0 Å². The van der Waals surface area contributed by atoms with Gasteiger partial charge in [0.1, 0.15) is 5.75 Å². The first-order valence-electron chi connectivity index (χ1n) is 7.54. The van der Waals surface area contributed by atoms with Gasteiger partial charge in [0, 0.05) is 19.3 Å². The zero-order chi connectivity index (χ0) is 19.4. The highest BCUT2D eigenvalue weighted by Gasteiger charge is 2.38. The number of ether oxygens (including phenoxy) is 1. The number of amides is 2. The van der Waals surface area contributed by atoms with E-state index in [1.54, 1.807) is 6.92 Å². The first-order valence-corrected chi connectivity index (χ1v) is 7.54. The monoisotopic (exact) mass is 370 g/mol. The summed E-state index contributed by atoms with van der Waals surface area (Å²) in [5.41, 5.74) is -0.997. The molecule has 0 saturated heterocycles. The Labute approximate surface area is 147 Å². The van der Waals surface area contributed by atoms with Gasteiger partial charge in [-0.15, -0.1) is 13.2 Å². The molecule has 0 radical (unpaired) electrons. The van der Waals surface area contributed by atoms with E-state index in [2.05, 4.69) is 25.7 Å². The molecule has 0 fully saturated rings. The minimum atomic E-state index is -4.77. The zero-order valence-electron chi connectivity index (χ0n) is 13.9. The van der Waals surface area contributed by atoms with E-state index in [9.17, 15) is 22.8 Å². The van der Waals surface area contributed by atoms with E-state index in [4.69, 9.17) is 0 Å². The molecule has 140 valence electrons. The number of hydrogen-bond donors (Lipinski definition) is 3. The molecule has 0 spiro atoms. The second-order valence-electron chi connectivity index (χ2n) is 5.54. The van der Waals surface area contributed by atoms with Crippen LogP contribution in [-0.4, -0.2) is 30.1 Å². The fraction of sp³-hybridized carbons (Fsp3) is 0.312. The van der Waals surface area contributed by atoms with Gasteiger partial charge in [0.05, 0.1) is 12.3 Å². The van der Waals surface area contributed by atoms with Crippen molar-refractivity contribution in [1.29, 1.82) is 0 Å². The number of carbonyl (C=O) groups excluding carboxylic acids is 2. The maximum atomic E-state index is 12.6. The van der Waals surface area contributed by atoms with Crippen LogP contribution in [0.4, 0.5) is 13.2 Å². The Morgan fingerprint density at radius 1 is 1.27 bits per heavy atom. The van der Waals surface area contributed by atoms with Crippen molar-refractivity contribution in [2.45, 2.75) is 31.9 Å². The summed E-state index contributed by atoms with van der Waals surface area (Å²) in [4.78, 5) is 27.9. The fourth-order valence-corrected chi connectivity index (χ4v) is 2.28. The van der Waals surface area contributed by atoms with E-state index in [1.807, 2.05) is 0 Å². The largest absolute Gasteiger partial charge is 0.573 e. The van der Waals surface area contributed by atoms with E-state index in [0.717, 1.165) is 12.1 Å². The molecule has 26 heavy (non-hydrogen) atoms. The van der Waals surface area contributed by atoms with Crippen LogP contribution in [0.5, 0.6) is 5.75 Å². The molecule has 2 atom stereocenters. The average molecular weight is 370 g/mol. The highest BCUT2D eigenvalue weighted by atomic mass is 19.4. The molecule has 0 aromatic heterocycles. The number of hydrogen-bond acceptors (Lipinski definition) is 5. The molecule has 2 rings (SSSR count). The molecule has 1 aliphatic heterocycles. The summed E-state index contributed by atoms with van der Waals surface area (Å²) in [7, 11) is 0. The second-order valence-corrected chi connectivity index (χ2v) is 5.54. The molecule has 1 aliphatic rings. The number of nitrogens with one attached hydrogen (secondary N) is 3. The van der Waals surface area contributed by atoms with Crippen molar-refractivity contribution in [3.05, 3.63) is 42.2 Å². The first-order chi connectivity index (χ1) is 12.1. The van der Waals surface area contributed by atoms with Gasteiger partial charge in [0.25, 0.3) is 5.91 Å². The van der Waals surface area contributed by atoms with Crippen LogP contribution in [0.1, 0.15) is 25.5 Å². The van der Waals surface area contributed by atoms with E-state index >= 15 is 0 Å². The maximum Gasteiger partial charge on any atom is 0.573 e. The van der Waals surface area contributed by atoms with Gasteiger partial charge in [-0.3, -0.25) is 14.6 Å². The molecule has 2 amide bonds. The fourth-order valence-electron chi connectivity index (χ4n) is 2.28. The topological polar surface area (TPSA) is 91.8 Å². The predicted molar refractivity (Wildman–Crippen MR) is 87.0 cm³/mol. The lowest BCUT2D eigenvalue weighted by Crippen LogP contribution is -2.67. The highest BCUT2D eigenvalue weighted by Crippen LogP contribution is 2.24. The lowest BCUT2D eigenvalue weighted by Gasteiger charge is -2.32. The molecule has 0 aliphatic carbocycles. The van der Waals surface area contributed by atoms with Crippen LogP contribution in [0, 0.1) is 0 Å². The SMILES string of the molecule is CC(=O)NC1(C(=O)NC(C)c2ccc(OC(F)(F)F)cc2)C=NC=CN1. The summed E-state index contributed by atoms with van der Waals surface area (Å²) >= 11 is 0. The molecule has 2 unspecified atom stereocenters. The van der Waals surface area contributed by atoms with Gasteiger partial charge < -0.3 is 20.7 Å². The van der Waals surface area contributed by atoms with E-state index in [1.165, 1.54) is 37.7 Å². The van der Waals surface area contributed by atoms with Crippen LogP contribution in [-0.2, 0) is 9.59 Å². The second kappa shape index (κ2) is 7.46. The van der Waals surface area contributed by atoms with Gasteiger partial charge >= 0.3 is 6.36 Å². The lowest BCUT2D eigenvalue weighted by atomic mass is 10.1. The van der Waals surface area contributed by atoms with Crippen molar-refractivity contribution >= 4 is 18.0 Å². The average Bonchev–Trinajstić information content (AvgIpc) is 2.54. The smallest absolute Gasteiger partial charge is 0.406 e. The molecular weight excluding hydrogens is 353 g/mol. The van der Waals surface area contributed by atoms with Crippen molar-refractivity contribution in [1.82, 2.24) is 16.0 Å². The third kappa shape index (κ3) is 4.98. The van der Waals surface area contributed by atoms with Crippen LogP contribution in [0.3, 0.4) is 0 Å². The summed E-state index contributed by atoms with van der Waals surface area (Å²) in [6.07, 6.45) is -0.706. The molecule has 1 heterocycles. The van der Waals surface area contributed by atoms with E-state index in [0.29, 0.717) is 5.56 Å². The Morgan fingerprint density at radius 3 is 2.42 bits per heavy atom. The standard InChI is InChI=1S/C16H17F3N4O3/c1-10(12-3-5-13(6-4-12)26-16(17,18)19)22-14(25)15(23-11(2)24)9-20-7-8-21-15/h3-10,21H,1-2H3,(H,22,25)(H,23,24). The summed E-state index contributed by atoms with van der Waals surface area (Å²) in [5.74, 6) is -1.39. The van der Waals surface area contributed by atoms with Crippen molar-refractivity contribution in [2.24, 2.45) is 4.99 Å². The molecule has 1 aromatic rings. The summed E-state index contributed by atoms with van der Waals surface area (Å²) in [6, 6.07) is 4.56. The predicted octanol–water partition coefficient (Wildman–Crippen LogP) is 1.74. The van der Waals surface area contributed by atoms with Crippen LogP contribution in [0.2, 0.25) is 0 Å². The molecule has 0 bridgehead atoms. The van der Waals surface area contributed by atoms with Gasteiger partial charge in [-0.1, -0.05) is 12.1 Å². The van der Waals surface area contributed by atoms with Crippen LogP contribution >= 0.6 is 0 Å². The molecule has 7 nitrogen and oxygen atoms in total. The minimum Gasteiger partial charge on any atom is -0.406 e. The highest BCUT2D eigenvalue weighted by molar-refractivity contribution is 6.06. The van der Waals surface area contributed by atoms with E-state index < -0.39 is 29.9 Å². The minimum absolute atomic E-state index is 0.360. The molecular formula is C16H17F3N4O3. The van der Waals surface area contributed by atoms with E-state index in [-0.39, 0.29) is 5.75 Å². The summed E-state index contributed by atoms with van der Waals surface area (Å²) in [5, 5.41) is 7.89. The Bertz CT molecular complexity index is 731. The number of carbonyl (C=O) groups is 2. The Hall–Kier alpha value is -3.04. The number of nitrogens with zero attached hydrogens (tertiary/aromatic N) is 1. The molecule has 1 aromatic carbocycles. The lowest BCUT2D eigenvalue weighted by molar-refractivity contribution is -0.274. The van der Waals surface area contributed by atoms with Gasteiger partial charge in [0.2, 0.25) is 11.6 Å². The van der Waals surface area contributed by atoms with Gasteiger partial charge in [0.15, 0.2) is 0 Å². The Kier molecular flexibility index (Phi) is 5.53. The number of alkyl halides is 3. The molecule has 3 N–H and O–H groups in total. The molecule has 0 saturated carbocycles. The number of rotatable bonds is 5. The van der Waals surface area contributed by atoms with Crippen molar-refractivity contribution < 1.29 is 27.5 Å². The van der Waals surface area contributed by atoms with Crippen LogP contribution in [0.25, 0.3) is 0 Å². The quantitative estimate of drug-likeness (QED) is 0.736. The third-order valence-electron chi connectivity index (χ3n) is 3.43. The Morgan fingerprint density at radius 2 is 1.92 bits per heavy atom. The maximum absolute atomic E-state index is 12.6. The summed E-state index contributed by atoms with van der Waals surface area (Å²) < 4.78 is 40.4. The van der Waals surface area contributed by atoms with Gasteiger partial charge in [-0.25, -0.2) is 0 Å².